The first-order valence-corrected chi connectivity index (χ1v) is 7.90. The number of nitrogens with zero attached hydrogens (tertiary/aromatic N) is 4. The summed E-state index contributed by atoms with van der Waals surface area (Å²) in [5.74, 6) is 0.655. The van der Waals surface area contributed by atoms with Crippen LogP contribution in [-0.4, -0.2) is 34.9 Å². The molecule has 3 rings (SSSR count). The highest BCUT2D eigenvalue weighted by atomic mass is 16.2. The van der Waals surface area contributed by atoms with Gasteiger partial charge in [-0.2, -0.15) is 0 Å². The highest BCUT2D eigenvalue weighted by molar-refractivity contribution is 5.93. The van der Waals surface area contributed by atoms with Gasteiger partial charge < -0.3 is 15.5 Å². The molecule has 128 valence electrons. The van der Waals surface area contributed by atoms with Crippen LogP contribution in [0.25, 0.3) is 5.69 Å². The minimum atomic E-state index is -0.295. The Hall–Kier alpha value is -3.35. The monoisotopic (exact) mass is 336 g/mol. The Kier molecular flexibility index (Phi) is 4.94. The highest BCUT2D eigenvalue weighted by Crippen LogP contribution is 2.23. The first-order chi connectivity index (χ1) is 12.1. The Morgan fingerprint density at radius 2 is 1.80 bits per heavy atom. The van der Waals surface area contributed by atoms with E-state index in [1.807, 2.05) is 78.2 Å². The van der Waals surface area contributed by atoms with Crippen molar-refractivity contribution < 1.29 is 4.79 Å². The smallest absolute Gasteiger partial charge is 0.319 e. The highest BCUT2D eigenvalue weighted by Gasteiger charge is 2.10. The van der Waals surface area contributed by atoms with Crippen molar-refractivity contribution in [2.45, 2.75) is 6.54 Å². The van der Waals surface area contributed by atoms with Gasteiger partial charge in [0.2, 0.25) is 0 Å². The minimum absolute atomic E-state index is 0.269. The lowest BCUT2D eigenvalue weighted by Crippen LogP contribution is -2.30. The van der Waals surface area contributed by atoms with E-state index in [4.69, 9.17) is 0 Å². The summed E-state index contributed by atoms with van der Waals surface area (Å²) in [6.45, 7) is 0.269. The molecule has 2 N–H and O–H groups in total. The van der Waals surface area contributed by atoms with Crippen LogP contribution in [0.15, 0.2) is 60.9 Å². The maximum absolute atomic E-state index is 12.2. The van der Waals surface area contributed by atoms with Gasteiger partial charge in [0, 0.05) is 19.8 Å². The molecule has 0 fully saturated rings. The van der Waals surface area contributed by atoms with Crippen LogP contribution in [0.2, 0.25) is 0 Å². The molecule has 0 spiro atoms. The molecule has 2 aromatic carbocycles. The normalized spacial score (nSPS) is 10.3. The van der Waals surface area contributed by atoms with Crippen LogP contribution in [0.4, 0.5) is 16.2 Å². The number of nitrogens with one attached hydrogen (secondary N) is 2. The van der Waals surface area contributed by atoms with Crippen molar-refractivity contribution in [2.24, 2.45) is 0 Å². The van der Waals surface area contributed by atoms with Gasteiger partial charge in [-0.15, -0.1) is 10.2 Å². The van der Waals surface area contributed by atoms with Crippen LogP contribution >= 0.6 is 0 Å². The SMILES string of the molecule is CN(C)c1ccccc1NC(=O)NCc1nncn1-c1ccccc1. The number of para-hydroxylation sites is 3. The predicted molar refractivity (Wildman–Crippen MR) is 98.0 cm³/mol. The third kappa shape index (κ3) is 3.95. The zero-order valence-electron chi connectivity index (χ0n) is 14.2. The predicted octanol–water partition coefficient (Wildman–Crippen LogP) is 2.66. The summed E-state index contributed by atoms with van der Waals surface area (Å²) in [6, 6.07) is 17.1. The molecule has 25 heavy (non-hydrogen) atoms. The molecule has 0 saturated heterocycles. The molecule has 0 aliphatic carbocycles. The third-order valence-corrected chi connectivity index (χ3v) is 3.69. The van der Waals surface area contributed by atoms with Crippen LogP contribution in [0.5, 0.6) is 0 Å². The third-order valence-electron chi connectivity index (χ3n) is 3.69. The van der Waals surface area contributed by atoms with E-state index in [2.05, 4.69) is 20.8 Å². The van der Waals surface area contributed by atoms with Crippen LogP contribution in [0.3, 0.4) is 0 Å². The molecule has 1 aromatic heterocycles. The van der Waals surface area contributed by atoms with Crippen molar-refractivity contribution in [2.75, 3.05) is 24.3 Å². The number of urea groups is 1. The number of amides is 2. The van der Waals surface area contributed by atoms with Crippen molar-refractivity contribution in [1.29, 1.82) is 0 Å². The van der Waals surface area contributed by atoms with Crippen LogP contribution in [0.1, 0.15) is 5.82 Å². The van der Waals surface area contributed by atoms with E-state index in [1.165, 1.54) is 0 Å². The number of hydrogen-bond acceptors (Lipinski definition) is 4. The lowest BCUT2D eigenvalue weighted by atomic mass is 10.2. The van der Waals surface area contributed by atoms with Crippen LogP contribution in [0, 0.1) is 0 Å². The van der Waals surface area contributed by atoms with Gasteiger partial charge >= 0.3 is 6.03 Å². The second kappa shape index (κ2) is 7.48. The standard InChI is InChI=1S/C18H20N6O/c1-23(2)16-11-7-6-10-15(16)21-18(25)19-12-17-22-20-13-24(17)14-8-4-3-5-9-14/h3-11,13H,12H2,1-2H3,(H2,19,21,25). The molecule has 0 atom stereocenters. The van der Waals surface area contributed by atoms with Gasteiger partial charge in [-0.3, -0.25) is 4.57 Å². The Morgan fingerprint density at radius 1 is 1.08 bits per heavy atom. The first-order valence-electron chi connectivity index (χ1n) is 7.90. The molecule has 0 radical (unpaired) electrons. The minimum Gasteiger partial charge on any atom is -0.376 e. The first kappa shape index (κ1) is 16.5. The number of carbonyl (C=O) groups is 1. The molecule has 2 amide bonds. The molecule has 7 heteroatoms. The largest absolute Gasteiger partial charge is 0.376 e. The molecule has 0 bridgehead atoms. The van der Waals surface area contributed by atoms with Gasteiger partial charge in [-0.05, 0) is 24.3 Å². The van der Waals surface area contributed by atoms with Gasteiger partial charge in [-0.25, -0.2) is 4.79 Å². The van der Waals surface area contributed by atoms with Gasteiger partial charge in [0.15, 0.2) is 5.82 Å². The molecule has 0 aliphatic heterocycles. The summed E-state index contributed by atoms with van der Waals surface area (Å²) in [5, 5.41) is 13.7. The Balaban J connectivity index is 1.66. The van der Waals surface area contributed by atoms with Gasteiger partial charge in [0.1, 0.15) is 6.33 Å². The van der Waals surface area contributed by atoms with E-state index in [0.29, 0.717) is 5.82 Å². The summed E-state index contributed by atoms with van der Waals surface area (Å²) in [7, 11) is 3.86. The van der Waals surface area contributed by atoms with E-state index in [0.717, 1.165) is 17.1 Å². The topological polar surface area (TPSA) is 75.1 Å². The molecule has 0 aliphatic rings. The lowest BCUT2D eigenvalue weighted by Gasteiger charge is -2.17. The van der Waals surface area contributed by atoms with Crippen molar-refractivity contribution in [3.8, 4) is 5.69 Å². The summed E-state index contributed by atoms with van der Waals surface area (Å²) >= 11 is 0. The van der Waals surface area contributed by atoms with Gasteiger partial charge in [0.25, 0.3) is 0 Å². The average molecular weight is 336 g/mol. The molecule has 0 saturated carbocycles. The summed E-state index contributed by atoms with van der Waals surface area (Å²) < 4.78 is 1.84. The van der Waals surface area contributed by atoms with Crippen molar-refractivity contribution in [3.63, 3.8) is 0 Å². The second-order valence-corrected chi connectivity index (χ2v) is 5.67. The van der Waals surface area contributed by atoms with Gasteiger partial charge in [0.05, 0.1) is 17.9 Å². The van der Waals surface area contributed by atoms with E-state index in [1.54, 1.807) is 6.33 Å². The zero-order valence-corrected chi connectivity index (χ0v) is 14.2. The summed E-state index contributed by atoms with van der Waals surface area (Å²) in [4.78, 5) is 14.2. The quantitative estimate of drug-likeness (QED) is 0.751. The maximum Gasteiger partial charge on any atom is 0.319 e. The fourth-order valence-corrected chi connectivity index (χ4v) is 2.48. The number of aromatic nitrogens is 3. The number of rotatable bonds is 5. The fraction of sp³-hybridized carbons (Fsp3) is 0.167. The zero-order chi connectivity index (χ0) is 17.6. The Bertz CT molecular complexity index is 844. The number of carbonyl (C=O) groups excluding carboxylic acids is 1. The van der Waals surface area contributed by atoms with Crippen molar-refractivity contribution >= 4 is 17.4 Å². The van der Waals surface area contributed by atoms with E-state index >= 15 is 0 Å². The molecular formula is C18H20N6O. The molecule has 7 nitrogen and oxygen atoms in total. The number of anilines is 2. The van der Waals surface area contributed by atoms with Crippen LogP contribution < -0.4 is 15.5 Å². The molecule has 0 unspecified atom stereocenters. The average Bonchev–Trinajstić information content (AvgIpc) is 3.09. The summed E-state index contributed by atoms with van der Waals surface area (Å²) in [6.07, 6.45) is 1.63. The van der Waals surface area contributed by atoms with E-state index in [-0.39, 0.29) is 12.6 Å². The second-order valence-electron chi connectivity index (χ2n) is 5.67. The molecule has 3 aromatic rings. The Morgan fingerprint density at radius 3 is 2.56 bits per heavy atom. The van der Waals surface area contributed by atoms with Crippen LogP contribution in [-0.2, 0) is 6.54 Å². The van der Waals surface area contributed by atoms with Crippen molar-refractivity contribution in [3.05, 3.63) is 66.7 Å². The fourth-order valence-electron chi connectivity index (χ4n) is 2.48. The van der Waals surface area contributed by atoms with Crippen molar-refractivity contribution in [1.82, 2.24) is 20.1 Å². The number of benzene rings is 2. The summed E-state index contributed by atoms with van der Waals surface area (Å²) in [5.41, 5.74) is 2.63. The van der Waals surface area contributed by atoms with Gasteiger partial charge in [-0.1, -0.05) is 30.3 Å². The molecule has 1 heterocycles. The Labute approximate surface area is 146 Å². The van der Waals surface area contributed by atoms with E-state index in [9.17, 15) is 4.79 Å². The maximum atomic E-state index is 12.2. The lowest BCUT2D eigenvalue weighted by molar-refractivity contribution is 0.251. The molecular weight excluding hydrogens is 316 g/mol. The van der Waals surface area contributed by atoms with E-state index < -0.39 is 0 Å². The number of hydrogen-bond donors (Lipinski definition) is 2.